The van der Waals surface area contributed by atoms with Crippen molar-refractivity contribution in [1.82, 2.24) is 0 Å². The van der Waals surface area contributed by atoms with Gasteiger partial charge in [-0.25, -0.2) is 4.39 Å². The molecular weight excluding hydrogens is 366 g/mol. The fourth-order valence-electron chi connectivity index (χ4n) is 2.12. The molecule has 0 bridgehead atoms. The van der Waals surface area contributed by atoms with Crippen molar-refractivity contribution in [2.75, 3.05) is 25.6 Å². The predicted octanol–water partition coefficient (Wildman–Crippen LogP) is 4.52. The number of rotatable bonds is 7. The molecule has 4 nitrogen and oxygen atoms in total. The van der Waals surface area contributed by atoms with Gasteiger partial charge in [0.2, 0.25) is 5.91 Å². The van der Waals surface area contributed by atoms with Crippen molar-refractivity contribution in [1.29, 1.82) is 0 Å². The number of anilines is 1. The van der Waals surface area contributed by atoms with Crippen molar-refractivity contribution in [3.8, 4) is 5.75 Å². The smallest absolute Gasteiger partial charge is 0.416 e. The second-order valence-corrected chi connectivity index (χ2v) is 5.43. The Bertz CT molecular complexity index is 819. The molecular formula is C19H17F4NO3. The Morgan fingerprint density at radius 1 is 1.15 bits per heavy atom. The summed E-state index contributed by atoms with van der Waals surface area (Å²) in [6.07, 6.45) is -2.13. The molecule has 2 aromatic rings. The number of alkyl halides is 3. The number of hydrogen-bond acceptors (Lipinski definition) is 3. The molecule has 0 saturated heterocycles. The largest absolute Gasteiger partial charge is 0.489 e. The zero-order valence-corrected chi connectivity index (χ0v) is 14.3. The molecule has 0 fully saturated rings. The van der Waals surface area contributed by atoms with Crippen LogP contribution in [-0.4, -0.2) is 26.2 Å². The third-order valence-electron chi connectivity index (χ3n) is 3.39. The third-order valence-corrected chi connectivity index (χ3v) is 3.39. The van der Waals surface area contributed by atoms with Crippen molar-refractivity contribution in [3.63, 3.8) is 0 Å². The summed E-state index contributed by atoms with van der Waals surface area (Å²) >= 11 is 0. The van der Waals surface area contributed by atoms with Gasteiger partial charge in [0.15, 0.2) is 0 Å². The first-order valence-electron chi connectivity index (χ1n) is 7.87. The van der Waals surface area contributed by atoms with E-state index in [9.17, 15) is 22.4 Å². The van der Waals surface area contributed by atoms with Crippen LogP contribution in [0.2, 0.25) is 0 Å². The van der Waals surface area contributed by atoms with Gasteiger partial charge in [0, 0.05) is 13.2 Å². The highest BCUT2D eigenvalue weighted by atomic mass is 19.4. The van der Waals surface area contributed by atoms with Crippen molar-refractivity contribution in [2.45, 2.75) is 6.18 Å². The number of carbonyl (C=O) groups excluding carboxylic acids is 1. The standard InChI is InChI=1S/C19H17F4NO3/c1-26-9-10-27-17-7-6-14(19(21,22)23)12-16(17)24-18(25)8-5-13-3-2-4-15(20)11-13/h2-8,11-12H,9-10H2,1H3,(H,24,25)/b8-5+. The molecule has 0 saturated carbocycles. The summed E-state index contributed by atoms with van der Waals surface area (Å²) in [6.45, 7) is 0.331. The van der Waals surface area contributed by atoms with Crippen molar-refractivity contribution in [2.24, 2.45) is 0 Å². The molecule has 0 unspecified atom stereocenters. The van der Waals surface area contributed by atoms with Gasteiger partial charge in [-0.05, 0) is 42.0 Å². The highest BCUT2D eigenvalue weighted by molar-refractivity contribution is 6.02. The molecule has 1 amide bonds. The second kappa shape index (κ2) is 9.18. The van der Waals surface area contributed by atoms with Gasteiger partial charge in [-0.1, -0.05) is 12.1 Å². The minimum Gasteiger partial charge on any atom is -0.489 e. The van der Waals surface area contributed by atoms with Crippen LogP contribution in [0.15, 0.2) is 48.5 Å². The maximum absolute atomic E-state index is 13.1. The van der Waals surface area contributed by atoms with Gasteiger partial charge in [-0.3, -0.25) is 4.79 Å². The molecule has 0 aliphatic rings. The molecule has 0 atom stereocenters. The Hall–Kier alpha value is -2.87. The van der Waals surface area contributed by atoms with E-state index < -0.39 is 23.5 Å². The summed E-state index contributed by atoms with van der Waals surface area (Å²) in [4.78, 5) is 12.1. The van der Waals surface area contributed by atoms with E-state index in [2.05, 4.69) is 5.32 Å². The number of halogens is 4. The fraction of sp³-hybridized carbons (Fsp3) is 0.211. The molecule has 27 heavy (non-hydrogen) atoms. The van der Waals surface area contributed by atoms with Crippen LogP contribution in [-0.2, 0) is 15.7 Å². The molecule has 2 aromatic carbocycles. The highest BCUT2D eigenvalue weighted by Crippen LogP contribution is 2.35. The fourth-order valence-corrected chi connectivity index (χ4v) is 2.12. The molecule has 8 heteroatoms. The van der Waals surface area contributed by atoms with Crippen LogP contribution in [0, 0.1) is 5.82 Å². The Labute approximate surface area is 153 Å². The van der Waals surface area contributed by atoms with E-state index in [0.717, 1.165) is 24.3 Å². The number of benzene rings is 2. The molecule has 2 rings (SSSR count). The first-order valence-corrected chi connectivity index (χ1v) is 7.87. The molecule has 0 aliphatic heterocycles. The van der Waals surface area contributed by atoms with Crippen LogP contribution >= 0.6 is 0 Å². The number of methoxy groups -OCH3 is 1. The first-order chi connectivity index (χ1) is 12.8. The minimum absolute atomic E-state index is 0.0764. The summed E-state index contributed by atoms with van der Waals surface area (Å²) < 4.78 is 62.1. The van der Waals surface area contributed by atoms with Gasteiger partial charge >= 0.3 is 6.18 Å². The van der Waals surface area contributed by atoms with E-state index in [1.54, 1.807) is 6.07 Å². The first kappa shape index (κ1) is 20.4. The lowest BCUT2D eigenvalue weighted by atomic mass is 10.1. The van der Waals surface area contributed by atoms with Gasteiger partial charge < -0.3 is 14.8 Å². The number of ether oxygens (including phenoxy) is 2. The van der Waals surface area contributed by atoms with E-state index in [-0.39, 0.29) is 24.7 Å². The van der Waals surface area contributed by atoms with Gasteiger partial charge in [-0.2, -0.15) is 13.2 Å². The minimum atomic E-state index is -4.57. The van der Waals surface area contributed by atoms with Crippen molar-refractivity contribution in [3.05, 3.63) is 65.5 Å². The Balaban J connectivity index is 2.19. The Morgan fingerprint density at radius 2 is 1.93 bits per heavy atom. The molecule has 144 valence electrons. The SMILES string of the molecule is COCCOc1ccc(C(F)(F)F)cc1NC(=O)/C=C/c1cccc(F)c1. The van der Waals surface area contributed by atoms with Crippen LogP contribution in [0.4, 0.5) is 23.2 Å². The molecule has 0 radical (unpaired) electrons. The maximum atomic E-state index is 13.1. The summed E-state index contributed by atoms with van der Waals surface area (Å²) in [7, 11) is 1.45. The Morgan fingerprint density at radius 3 is 2.59 bits per heavy atom. The third kappa shape index (κ3) is 6.41. The summed E-state index contributed by atoms with van der Waals surface area (Å²) in [5.41, 5.74) is -0.619. The van der Waals surface area contributed by atoms with E-state index >= 15 is 0 Å². The van der Waals surface area contributed by atoms with Crippen LogP contribution in [0.25, 0.3) is 6.08 Å². The molecule has 0 spiro atoms. The van der Waals surface area contributed by atoms with Gasteiger partial charge in [0.05, 0.1) is 17.9 Å². The van der Waals surface area contributed by atoms with Crippen LogP contribution in [0.5, 0.6) is 5.75 Å². The summed E-state index contributed by atoms with van der Waals surface area (Å²) in [6, 6.07) is 8.30. The lowest BCUT2D eigenvalue weighted by Crippen LogP contribution is -2.13. The monoisotopic (exact) mass is 383 g/mol. The van der Waals surface area contributed by atoms with E-state index in [1.165, 1.54) is 31.4 Å². The van der Waals surface area contributed by atoms with Crippen LogP contribution in [0.1, 0.15) is 11.1 Å². The quantitative estimate of drug-likeness (QED) is 0.434. The summed E-state index contributed by atoms with van der Waals surface area (Å²) in [5.74, 6) is -1.08. The lowest BCUT2D eigenvalue weighted by Gasteiger charge is -2.14. The zero-order valence-electron chi connectivity index (χ0n) is 14.3. The number of nitrogens with one attached hydrogen (secondary N) is 1. The number of hydrogen-bond donors (Lipinski definition) is 1. The molecule has 0 aromatic heterocycles. The topological polar surface area (TPSA) is 47.6 Å². The second-order valence-electron chi connectivity index (χ2n) is 5.43. The lowest BCUT2D eigenvalue weighted by molar-refractivity contribution is -0.137. The number of carbonyl (C=O) groups is 1. The molecule has 1 N–H and O–H groups in total. The van der Waals surface area contributed by atoms with Crippen LogP contribution in [0.3, 0.4) is 0 Å². The Kier molecular flexibility index (Phi) is 6.95. The average molecular weight is 383 g/mol. The van der Waals surface area contributed by atoms with Gasteiger partial charge in [-0.15, -0.1) is 0 Å². The highest BCUT2D eigenvalue weighted by Gasteiger charge is 2.31. The average Bonchev–Trinajstić information content (AvgIpc) is 2.60. The molecule has 0 heterocycles. The van der Waals surface area contributed by atoms with Crippen molar-refractivity contribution >= 4 is 17.7 Å². The van der Waals surface area contributed by atoms with Gasteiger partial charge in [0.1, 0.15) is 18.2 Å². The molecule has 0 aliphatic carbocycles. The van der Waals surface area contributed by atoms with E-state index in [0.29, 0.717) is 5.56 Å². The van der Waals surface area contributed by atoms with Crippen molar-refractivity contribution < 1.29 is 31.8 Å². The number of amides is 1. The normalized spacial score (nSPS) is 11.6. The predicted molar refractivity (Wildman–Crippen MR) is 92.9 cm³/mol. The van der Waals surface area contributed by atoms with E-state index in [4.69, 9.17) is 9.47 Å². The van der Waals surface area contributed by atoms with Gasteiger partial charge in [0.25, 0.3) is 0 Å². The van der Waals surface area contributed by atoms with E-state index in [1.807, 2.05) is 0 Å². The van der Waals surface area contributed by atoms with Crippen LogP contribution < -0.4 is 10.1 Å². The zero-order chi connectivity index (χ0) is 19.9. The summed E-state index contributed by atoms with van der Waals surface area (Å²) in [5, 5.41) is 2.35. The maximum Gasteiger partial charge on any atom is 0.416 e.